The number of ether oxygens (including phenoxy) is 2. The number of nitrogens with zero attached hydrogens (tertiary/aromatic N) is 3. The first kappa shape index (κ1) is 30.0. The lowest BCUT2D eigenvalue weighted by Crippen LogP contribution is -2.45. The minimum atomic E-state index is -1.20. The number of likely N-dealkylation sites (tertiary alicyclic amines) is 1. The first-order chi connectivity index (χ1) is 19.4. The Bertz CT molecular complexity index is 1070. The van der Waals surface area contributed by atoms with Crippen LogP contribution in [0.25, 0.3) is 0 Å². The summed E-state index contributed by atoms with van der Waals surface area (Å²) in [5.41, 5.74) is 1.47. The van der Waals surface area contributed by atoms with E-state index >= 15 is 0 Å². The number of aromatic nitrogens is 1. The normalized spacial score (nSPS) is 23.0. The van der Waals surface area contributed by atoms with E-state index in [1.165, 1.54) is 5.56 Å². The van der Waals surface area contributed by atoms with Gasteiger partial charge in [0.05, 0.1) is 24.5 Å². The SMILES string of the molecule is CCOc1ccc(CC(=O)N2CCCCC3(CCN(Cc4ccncc4)CC3)C(=O)OC[C@@H](O)[C@@H](O)CC2)cc1. The quantitative estimate of drug-likeness (QED) is 0.525. The van der Waals surface area contributed by atoms with Crippen LogP contribution in [0.4, 0.5) is 0 Å². The van der Waals surface area contributed by atoms with Crippen LogP contribution in [-0.4, -0.2) is 88.5 Å². The second kappa shape index (κ2) is 14.6. The van der Waals surface area contributed by atoms with Crippen molar-refractivity contribution in [3.05, 3.63) is 59.9 Å². The zero-order valence-corrected chi connectivity index (χ0v) is 23.5. The Morgan fingerprint density at radius 3 is 2.40 bits per heavy atom. The highest BCUT2D eigenvalue weighted by Gasteiger charge is 2.42. The lowest BCUT2D eigenvalue weighted by molar-refractivity contribution is -0.165. The van der Waals surface area contributed by atoms with Crippen molar-refractivity contribution in [3.63, 3.8) is 0 Å². The molecule has 218 valence electrons. The number of benzene rings is 1. The number of cyclic esters (lactones) is 1. The summed E-state index contributed by atoms with van der Waals surface area (Å²) in [6, 6.07) is 11.5. The summed E-state index contributed by atoms with van der Waals surface area (Å²) in [7, 11) is 0. The molecule has 1 amide bonds. The van der Waals surface area contributed by atoms with Gasteiger partial charge < -0.3 is 24.6 Å². The number of aliphatic hydroxyl groups is 2. The average Bonchev–Trinajstić information content (AvgIpc) is 2.98. The van der Waals surface area contributed by atoms with Crippen molar-refractivity contribution in [2.75, 3.05) is 39.4 Å². The van der Waals surface area contributed by atoms with E-state index in [0.29, 0.717) is 39.0 Å². The van der Waals surface area contributed by atoms with Crippen LogP contribution < -0.4 is 4.74 Å². The maximum absolute atomic E-state index is 13.3. The van der Waals surface area contributed by atoms with E-state index in [1.807, 2.05) is 43.3 Å². The van der Waals surface area contributed by atoms with Gasteiger partial charge in [0.15, 0.2) is 0 Å². The van der Waals surface area contributed by atoms with Crippen LogP contribution in [0.1, 0.15) is 56.6 Å². The van der Waals surface area contributed by atoms with E-state index in [9.17, 15) is 19.8 Å². The molecule has 2 aliphatic rings. The minimum absolute atomic E-state index is 0.0211. The third-order valence-corrected chi connectivity index (χ3v) is 8.20. The predicted octanol–water partition coefficient (Wildman–Crippen LogP) is 2.97. The Labute approximate surface area is 237 Å². The number of piperidine rings is 1. The van der Waals surface area contributed by atoms with Gasteiger partial charge in [0.2, 0.25) is 5.91 Å². The summed E-state index contributed by atoms with van der Waals surface area (Å²) in [5.74, 6) is 0.462. The summed E-state index contributed by atoms with van der Waals surface area (Å²) >= 11 is 0. The van der Waals surface area contributed by atoms with E-state index < -0.39 is 17.6 Å². The van der Waals surface area contributed by atoms with Crippen molar-refractivity contribution < 1.29 is 29.3 Å². The first-order valence-electron chi connectivity index (χ1n) is 14.5. The molecular formula is C31H43N3O6. The minimum Gasteiger partial charge on any atom is -0.494 e. The highest BCUT2D eigenvalue weighted by Crippen LogP contribution is 2.38. The molecule has 2 saturated heterocycles. The molecule has 2 aromatic rings. The van der Waals surface area contributed by atoms with Crippen molar-refractivity contribution in [1.82, 2.24) is 14.8 Å². The molecule has 2 atom stereocenters. The van der Waals surface area contributed by atoms with Crippen LogP contribution in [0.2, 0.25) is 0 Å². The van der Waals surface area contributed by atoms with Gasteiger partial charge in [0.1, 0.15) is 18.5 Å². The van der Waals surface area contributed by atoms with Crippen LogP contribution in [0.5, 0.6) is 5.75 Å². The molecule has 1 aromatic heterocycles. The van der Waals surface area contributed by atoms with E-state index in [1.54, 1.807) is 17.3 Å². The van der Waals surface area contributed by atoms with E-state index in [0.717, 1.165) is 43.8 Å². The second-order valence-corrected chi connectivity index (χ2v) is 11.0. The summed E-state index contributed by atoms with van der Waals surface area (Å²) in [6.07, 6.45) is 5.33. The molecule has 9 nitrogen and oxygen atoms in total. The van der Waals surface area contributed by atoms with Crippen LogP contribution in [0.3, 0.4) is 0 Å². The Balaban J connectivity index is 1.38. The number of esters is 1. The van der Waals surface area contributed by atoms with Crippen molar-refractivity contribution in [2.24, 2.45) is 5.41 Å². The molecule has 2 N–H and O–H groups in total. The summed E-state index contributed by atoms with van der Waals surface area (Å²) in [5, 5.41) is 21.1. The lowest BCUT2D eigenvalue weighted by atomic mass is 9.74. The van der Waals surface area contributed by atoms with Gasteiger partial charge in [-0.25, -0.2) is 0 Å². The predicted molar refractivity (Wildman–Crippen MR) is 151 cm³/mol. The number of amides is 1. The molecular weight excluding hydrogens is 510 g/mol. The monoisotopic (exact) mass is 553 g/mol. The van der Waals surface area contributed by atoms with E-state index in [2.05, 4.69) is 9.88 Å². The molecule has 0 saturated carbocycles. The number of rotatable bonds is 6. The van der Waals surface area contributed by atoms with Crippen LogP contribution in [0, 0.1) is 5.41 Å². The highest BCUT2D eigenvalue weighted by molar-refractivity contribution is 5.79. The van der Waals surface area contributed by atoms with Crippen molar-refractivity contribution >= 4 is 11.9 Å². The highest BCUT2D eigenvalue weighted by atomic mass is 16.5. The lowest BCUT2D eigenvalue weighted by Gasteiger charge is -2.40. The third-order valence-electron chi connectivity index (χ3n) is 8.20. The number of pyridine rings is 1. The van der Waals surface area contributed by atoms with Gasteiger partial charge in [-0.15, -0.1) is 0 Å². The third kappa shape index (κ3) is 8.25. The van der Waals surface area contributed by atoms with Gasteiger partial charge in [-0.3, -0.25) is 19.5 Å². The molecule has 40 heavy (non-hydrogen) atoms. The number of hydrogen-bond acceptors (Lipinski definition) is 8. The fourth-order valence-corrected chi connectivity index (χ4v) is 5.63. The standard InChI is InChI=1S/C31H43N3O6/c1-2-39-26-7-5-24(6-8-26)21-29(37)34-17-4-3-12-31(30(38)40-23-28(36)27(35)11-18-34)13-19-33(20-14-31)22-25-9-15-32-16-10-25/h5-10,15-16,27-28,35-36H,2-4,11-14,17-23H2,1H3/t27-,28+/m0/s1. The average molecular weight is 554 g/mol. The van der Waals surface area contributed by atoms with Gasteiger partial charge in [-0.1, -0.05) is 18.6 Å². The largest absolute Gasteiger partial charge is 0.494 e. The zero-order chi connectivity index (χ0) is 28.4. The van der Waals surface area contributed by atoms with E-state index in [-0.39, 0.29) is 31.3 Å². The Morgan fingerprint density at radius 2 is 1.70 bits per heavy atom. The fourth-order valence-electron chi connectivity index (χ4n) is 5.63. The topological polar surface area (TPSA) is 112 Å². The molecule has 0 bridgehead atoms. The molecule has 0 unspecified atom stereocenters. The van der Waals surface area contributed by atoms with Crippen LogP contribution in [-0.2, 0) is 27.3 Å². The van der Waals surface area contributed by atoms with Crippen LogP contribution in [0.15, 0.2) is 48.8 Å². The van der Waals surface area contributed by atoms with Crippen molar-refractivity contribution in [3.8, 4) is 5.75 Å². The molecule has 1 aromatic carbocycles. The Kier molecular flexibility index (Phi) is 10.9. The molecule has 3 heterocycles. The first-order valence-corrected chi connectivity index (χ1v) is 14.5. The van der Waals surface area contributed by atoms with Gasteiger partial charge in [-0.2, -0.15) is 0 Å². The Morgan fingerprint density at radius 1 is 0.975 bits per heavy atom. The maximum Gasteiger partial charge on any atom is 0.312 e. The number of hydrogen-bond donors (Lipinski definition) is 2. The second-order valence-electron chi connectivity index (χ2n) is 11.0. The van der Waals surface area contributed by atoms with Gasteiger partial charge in [0, 0.05) is 32.0 Å². The Hall–Kier alpha value is -3.01. The number of carbonyl (C=O) groups excluding carboxylic acids is 2. The number of carbonyl (C=O) groups is 2. The molecule has 0 aliphatic carbocycles. The summed E-state index contributed by atoms with van der Waals surface area (Å²) < 4.78 is 11.1. The van der Waals surface area contributed by atoms with Crippen molar-refractivity contribution in [1.29, 1.82) is 0 Å². The summed E-state index contributed by atoms with van der Waals surface area (Å²) in [6.45, 7) is 5.49. The van der Waals surface area contributed by atoms with Crippen LogP contribution >= 0.6 is 0 Å². The van der Waals surface area contributed by atoms with Gasteiger partial charge >= 0.3 is 5.97 Å². The molecule has 1 spiro atoms. The number of aliphatic hydroxyl groups excluding tert-OH is 2. The zero-order valence-electron chi connectivity index (χ0n) is 23.5. The van der Waals surface area contributed by atoms with Gasteiger partial charge in [0.25, 0.3) is 0 Å². The van der Waals surface area contributed by atoms with Gasteiger partial charge in [-0.05, 0) is 87.5 Å². The van der Waals surface area contributed by atoms with Crippen molar-refractivity contribution in [2.45, 2.75) is 70.6 Å². The molecule has 9 heteroatoms. The maximum atomic E-state index is 13.3. The van der Waals surface area contributed by atoms with E-state index in [4.69, 9.17) is 9.47 Å². The smallest absolute Gasteiger partial charge is 0.312 e. The molecule has 4 rings (SSSR count). The fraction of sp³-hybridized carbons (Fsp3) is 0.581. The molecule has 0 radical (unpaired) electrons. The summed E-state index contributed by atoms with van der Waals surface area (Å²) in [4.78, 5) is 34.8. The molecule has 2 aliphatic heterocycles. The molecule has 2 fully saturated rings.